The van der Waals surface area contributed by atoms with E-state index < -0.39 is 11.8 Å². The fourth-order valence-corrected chi connectivity index (χ4v) is 2.64. The van der Waals surface area contributed by atoms with Gasteiger partial charge in [-0.25, -0.2) is 0 Å². The zero-order chi connectivity index (χ0) is 22.6. The third-order valence-electron chi connectivity index (χ3n) is 3.91. The van der Waals surface area contributed by atoms with Crippen LogP contribution in [0.2, 0.25) is 0 Å². The van der Waals surface area contributed by atoms with Crippen LogP contribution in [0, 0.1) is 0 Å². The van der Waals surface area contributed by atoms with Crippen LogP contribution in [0.3, 0.4) is 0 Å². The molecule has 0 aliphatic carbocycles. The van der Waals surface area contributed by atoms with Crippen LogP contribution in [0.25, 0.3) is 0 Å². The molecule has 9 heteroatoms. The zero-order valence-corrected chi connectivity index (χ0v) is 18.2. The van der Waals surface area contributed by atoms with E-state index >= 15 is 0 Å². The molecule has 9 nitrogen and oxygen atoms in total. The van der Waals surface area contributed by atoms with E-state index in [9.17, 15) is 9.59 Å². The van der Waals surface area contributed by atoms with Crippen molar-refractivity contribution < 1.29 is 33.3 Å². The van der Waals surface area contributed by atoms with Gasteiger partial charge in [0.2, 0.25) is 5.75 Å². The molecule has 0 saturated heterocycles. The second-order valence-electron chi connectivity index (χ2n) is 6.04. The molecule has 0 bridgehead atoms. The molecule has 168 valence electrons. The molecule has 0 saturated carbocycles. The maximum absolute atomic E-state index is 12.6. The number of carbonyl (C=O) groups excluding carboxylic acids is 2. The number of amides is 2. The standard InChI is InChI=1S/C22H28N2O7/c1-5-28-18-12-15(13-19(29-6-2)21(18)30-7-3)22(26)24-23-20(25)14-31-17-11-9-8-10-16(17)27-4/h8-13H,5-7,14H2,1-4H3,(H,23,25)(H,24,26). The minimum atomic E-state index is -0.546. The van der Waals surface area contributed by atoms with Gasteiger partial charge in [-0.3, -0.25) is 20.4 Å². The van der Waals surface area contributed by atoms with Gasteiger partial charge in [0.25, 0.3) is 11.8 Å². The van der Waals surface area contributed by atoms with Crippen molar-refractivity contribution in [2.45, 2.75) is 20.8 Å². The summed E-state index contributed by atoms with van der Waals surface area (Å²) in [5, 5.41) is 0. The number of rotatable bonds is 11. The first-order valence-corrected chi connectivity index (χ1v) is 9.95. The van der Waals surface area contributed by atoms with E-state index in [1.807, 2.05) is 20.8 Å². The molecule has 2 aromatic carbocycles. The second-order valence-corrected chi connectivity index (χ2v) is 6.04. The van der Waals surface area contributed by atoms with E-state index in [-0.39, 0.29) is 12.2 Å². The van der Waals surface area contributed by atoms with Crippen LogP contribution in [0.4, 0.5) is 0 Å². The Bertz CT molecular complexity index is 859. The largest absolute Gasteiger partial charge is 0.493 e. The highest BCUT2D eigenvalue weighted by molar-refractivity contribution is 5.96. The van der Waals surface area contributed by atoms with Gasteiger partial charge in [0.15, 0.2) is 29.6 Å². The Labute approximate surface area is 181 Å². The van der Waals surface area contributed by atoms with Crippen LogP contribution in [-0.4, -0.2) is 45.4 Å². The van der Waals surface area contributed by atoms with Crippen molar-refractivity contribution in [2.75, 3.05) is 33.5 Å². The summed E-state index contributed by atoms with van der Waals surface area (Å²) in [6.07, 6.45) is 0. The first-order valence-electron chi connectivity index (χ1n) is 9.95. The molecule has 0 aliphatic heterocycles. The van der Waals surface area contributed by atoms with Gasteiger partial charge >= 0.3 is 0 Å². The molecular formula is C22H28N2O7. The molecule has 0 unspecified atom stereocenters. The van der Waals surface area contributed by atoms with Gasteiger partial charge in [0.1, 0.15) is 0 Å². The number of hydrogen-bond acceptors (Lipinski definition) is 7. The van der Waals surface area contributed by atoms with E-state index in [0.29, 0.717) is 48.6 Å². The number of carbonyl (C=O) groups is 2. The third kappa shape index (κ3) is 6.70. The molecule has 2 N–H and O–H groups in total. The Morgan fingerprint density at radius 3 is 1.90 bits per heavy atom. The van der Waals surface area contributed by atoms with Crippen LogP contribution in [0.1, 0.15) is 31.1 Å². The zero-order valence-electron chi connectivity index (χ0n) is 18.2. The van der Waals surface area contributed by atoms with Gasteiger partial charge in [-0.1, -0.05) is 12.1 Å². The first kappa shape index (κ1) is 23.7. The Balaban J connectivity index is 2.04. The van der Waals surface area contributed by atoms with Crippen molar-refractivity contribution in [3.8, 4) is 28.7 Å². The lowest BCUT2D eigenvalue weighted by molar-refractivity contribution is -0.123. The van der Waals surface area contributed by atoms with Crippen LogP contribution >= 0.6 is 0 Å². The number of methoxy groups -OCH3 is 1. The number of benzene rings is 2. The van der Waals surface area contributed by atoms with Gasteiger partial charge < -0.3 is 23.7 Å². The summed E-state index contributed by atoms with van der Waals surface area (Å²) in [6, 6.07) is 10.0. The Morgan fingerprint density at radius 1 is 0.774 bits per heavy atom. The molecule has 0 spiro atoms. The van der Waals surface area contributed by atoms with E-state index in [4.69, 9.17) is 23.7 Å². The third-order valence-corrected chi connectivity index (χ3v) is 3.91. The smallest absolute Gasteiger partial charge is 0.276 e. The lowest BCUT2D eigenvalue weighted by Gasteiger charge is -2.17. The highest BCUT2D eigenvalue weighted by Gasteiger charge is 2.19. The fourth-order valence-electron chi connectivity index (χ4n) is 2.64. The number of hydrogen-bond donors (Lipinski definition) is 2. The molecule has 0 atom stereocenters. The summed E-state index contributed by atoms with van der Waals surface area (Å²) >= 11 is 0. The second kappa shape index (κ2) is 12.2. The monoisotopic (exact) mass is 432 g/mol. The van der Waals surface area contributed by atoms with E-state index in [0.717, 1.165) is 0 Å². The van der Waals surface area contributed by atoms with Gasteiger partial charge in [-0.15, -0.1) is 0 Å². The average molecular weight is 432 g/mol. The highest BCUT2D eigenvalue weighted by atomic mass is 16.5. The van der Waals surface area contributed by atoms with Crippen LogP contribution in [0.5, 0.6) is 28.7 Å². The summed E-state index contributed by atoms with van der Waals surface area (Å²) in [4.78, 5) is 24.6. The SMILES string of the molecule is CCOc1cc(C(=O)NNC(=O)COc2ccccc2OC)cc(OCC)c1OCC. The van der Waals surface area contributed by atoms with Crippen LogP contribution < -0.4 is 34.5 Å². The molecule has 0 heterocycles. The molecule has 31 heavy (non-hydrogen) atoms. The van der Waals surface area contributed by atoms with E-state index in [1.54, 1.807) is 24.3 Å². The van der Waals surface area contributed by atoms with Gasteiger partial charge in [0, 0.05) is 5.56 Å². The normalized spacial score (nSPS) is 10.1. The molecule has 0 radical (unpaired) electrons. The molecular weight excluding hydrogens is 404 g/mol. The Morgan fingerprint density at radius 2 is 1.35 bits per heavy atom. The molecule has 2 amide bonds. The van der Waals surface area contributed by atoms with Gasteiger partial charge in [0.05, 0.1) is 26.9 Å². The molecule has 2 aromatic rings. The lowest BCUT2D eigenvalue weighted by atomic mass is 10.1. The number of hydrazine groups is 1. The summed E-state index contributed by atoms with van der Waals surface area (Å²) in [6.45, 7) is 6.36. The minimum absolute atomic E-state index is 0.237. The van der Waals surface area contributed by atoms with Gasteiger partial charge in [-0.05, 0) is 45.0 Å². The predicted octanol–water partition coefficient (Wildman–Crippen LogP) is 2.73. The van der Waals surface area contributed by atoms with Crippen molar-refractivity contribution in [1.82, 2.24) is 10.9 Å². The molecule has 0 aromatic heterocycles. The van der Waals surface area contributed by atoms with E-state index in [1.165, 1.54) is 19.2 Å². The first-order chi connectivity index (χ1) is 15.0. The predicted molar refractivity (Wildman–Crippen MR) is 114 cm³/mol. The van der Waals surface area contributed by atoms with E-state index in [2.05, 4.69) is 10.9 Å². The summed E-state index contributed by atoms with van der Waals surface area (Å²) in [5.41, 5.74) is 4.90. The average Bonchev–Trinajstić information content (AvgIpc) is 2.78. The van der Waals surface area contributed by atoms with Crippen LogP contribution in [-0.2, 0) is 4.79 Å². The lowest BCUT2D eigenvalue weighted by Crippen LogP contribution is -2.43. The van der Waals surface area contributed by atoms with Crippen molar-refractivity contribution in [3.63, 3.8) is 0 Å². The summed E-state index contributed by atoms with van der Waals surface area (Å²) in [5.74, 6) is 1.02. The quantitative estimate of drug-likeness (QED) is 0.526. The molecule has 0 fully saturated rings. The maximum atomic E-state index is 12.6. The topological polar surface area (TPSA) is 104 Å². The number of nitrogens with one attached hydrogen (secondary N) is 2. The highest BCUT2D eigenvalue weighted by Crippen LogP contribution is 2.39. The Kier molecular flexibility index (Phi) is 9.28. The molecule has 2 rings (SSSR count). The minimum Gasteiger partial charge on any atom is -0.493 e. The number of ether oxygens (including phenoxy) is 5. The van der Waals surface area contributed by atoms with Gasteiger partial charge in [-0.2, -0.15) is 0 Å². The van der Waals surface area contributed by atoms with Crippen molar-refractivity contribution in [3.05, 3.63) is 42.0 Å². The Hall–Kier alpha value is -3.62. The summed E-state index contributed by atoms with van der Waals surface area (Å²) < 4.78 is 27.4. The molecule has 0 aliphatic rings. The summed E-state index contributed by atoms with van der Waals surface area (Å²) in [7, 11) is 1.51. The van der Waals surface area contributed by atoms with Crippen molar-refractivity contribution in [2.24, 2.45) is 0 Å². The van der Waals surface area contributed by atoms with Crippen molar-refractivity contribution >= 4 is 11.8 Å². The number of para-hydroxylation sites is 2. The fraction of sp³-hybridized carbons (Fsp3) is 0.364. The maximum Gasteiger partial charge on any atom is 0.276 e. The van der Waals surface area contributed by atoms with Crippen LogP contribution in [0.15, 0.2) is 36.4 Å². The van der Waals surface area contributed by atoms with Crippen molar-refractivity contribution in [1.29, 1.82) is 0 Å².